The first-order chi connectivity index (χ1) is 9.02. The van der Waals surface area contributed by atoms with Gasteiger partial charge in [-0.3, -0.25) is 9.59 Å². The second kappa shape index (κ2) is 7.68. The summed E-state index contributed by atoms with van der Waals surface area (Å²) in [6, 6.07) is 6.93. The van der Waals surface area contributed by atoms with Gasteiger partial charge < -0.3 is 14.6 Å². The van der Waals surface area contributed by atoms with E-state index in [-0.39, 0.29) is 17.5 Å². The second-order valence-electron chi connectivity index (χ2n) is 3.83. The van der Waals surface area contributed by atoms with Gasteiger partial charge in [0, 0.05) is 18.7 Å². The van der Waals surface area contributed by atoms with Gasteiger partial charge in [0.05, 0.1) is 7.11 Å². The van der Waals surface area contributed by atoms with Gasteiger partial charge >= 0.3 is 5.97 Å². The Hall–Kier alpha value is -1.69. The number of rotatable bonds is 7. The molecule has 1 rings (SSSR count). The maximum absolute atomic E-state index is 11.0. The molecule has 6 heteroatoms. The number of methoxy groups -OCH3 is 1. The maximum Gasteiger partial charge on any atom is 0.310 e. The quantitative estimate of drug-likeness (QED) is 0.826. The van der Waals surface area contributed by atoms with Gasteiger partial charge in [0.25, 0.3) is 0 Å². The van der Waals surface area contributed by atoms with Crippen molar-refractivity contribution in [3.05, 3.63) is 24.3 Å². The van der Waals surface area contributed by atoms with E-state index in [4.69, 9.17) is 14.6 Å². The summed E-state index contributed by atoms with van der Waals surface area (Å²) in [5, 5.41) is 8.93. The fourth-order valence-electron chi connectivity index (χ4n) is 1.30. The third kappa shape index (κ3) is 5.65. The Bertz CT molecular complexity index is 446. The lowest BCUT2D eigenvalue weighted by molar-refractivity contribution is -0.141. The molecule has 0 aliphatic heterocycles. The molecule has 0 aromatic heterocycles. The van der Waals surface area contributed by atoms with E-state index in [2.05, 4.69) is 0 Å². The zero-order chi connectivity index (χ0) is 14.3. The van der Waals surface area contributed by atoms with Crippen molar-refractivity contribution in [3.63, 3.8) is 0 Å². The highest BCUT2D eigenvalue weighted by Crippen LogP contribution is 2.20. The Kier molecular flexibility index (Phi) is 6.21. The molecule has 0 spiro atoms. The van der Waals surface area contributed by atoms with Crippen LogP contribution in [0.5, 0.6) is 11.5 Å². The van der Waals surface area contributed by atoms with Crippen LogP contribution < -0.4 is 9.47 Å². The molecule has 1 aromatic carbocycles. The van der Waals surface area contributed by atoms with E-state index in [1.54, 1.807) is 31.4 Å². The number of thioether (sulfide) groups is 1. The molecule has 0 saturated carbocycles. The van der Waals surface area contributed by atoms with Crippen LogP contribution in [0, 0.1) is 5.92 Å². The molecule has 1 atom stereocenters. The number of aliphatic carboxylic acids is 1. The predicted molar refractivity (Wildman–Crippen MR) is 72.8 cm³/mol. The second-order valence-corrected chi connectivity index (χ2v) is 5.02. The van der Waals surface area contributed by atoms with Gasteiger partial charge in [0.15, 0.2) is 5.12 Å². The lowest BCUT2D eigenvalue weighted by Gasteiger charge is -2.13. The van der Waals surface area contributed by atoms with Crippen LogP contribution in [0.3, 0.4) is 0 Å². The molecule has 1 unspecified atom stereocenters. The number of carbonyl (C=O) groups excluding carboxylic acids is 1. The summed E-state index contributed by atoms with van der Waals surface area (Å²) in [5.74, 6) is -0.313. The topological polar surface area (TPSA) is 72.8 Å². The Balaban J connectivity index is 2.55. The van der Waals surface area contributed by atoms with Crippen molar-refractivity contribution in [1.29, 1.82) is 0 Å². The van der Waals surface area contributed by atoms with Crippen LogP contribution in [0.15, 0.2) is 24.3 Å². The fraction of sp³-hybridized carbons (Fsp3) is 0.385. The Morgan fingerprint density at radius 1 is 1.37 bits per heavy atom. The number of carboxylic acids is 1. The number of hydrogen-bond acceptors (Lipinski definition) is 5. The zero-order valence-corrected chi connectivity index (χ0v) is 11.6. The third-order valence-electron chi connectivity index (χ3n) is 2.33. The highest BCUT2D eigenvalue weighted by molar-refractivity contribution is 8.13. The van der Waals surface area contributed by atoms with E-state index < -0.39 is 11.9 Å². The lowest BCUT2D eigenvalue weighted by Crippen LogP contribution is -2.24. The summed E-state index contributed by atoms with van der Waals surface area (Å²) in [5.41, 5.74) is 0. The molecule has 5 nitrogen and oxygen atoms in total. The minimum absolute atomic E-state index is 0.0166. The highest BCUT2D eigenvalue weighted by atomic mass is 32.2. The van der Waals surface area contributed by atoms with Crippen LogP contribution in [-0.4, -0.2) is 35.7 Å². The van der Waals surface area contributed by atoms with Crippen molar-refractivity contribution in [3.8, 4) is 11.5 Å². The lowest BCUT2D eigenvalue weighted by atomic mass is 10.2. The standard InChI is InChI=1S/C13H16O5S/c1-9(14)19-8-10(13(15)16)7-18-12-5-3-4-11(6-12)17-2/h3-6,10H,7-8H2,1-2H3,(H,15,16). The van der Waals surface area contributed by atoms with Crippen LogP contribution in [0.4, 0.5) is 0 Å². The molecule has 0 radical (unpaired) electrons. The number of hydrogen-bond donors (Lipinski definition) is 1. The molecular weight excluding hydrogens is 268 g/mol. The Morgan fingerprint density at radius 3 is 2.63 bits per heavy atom. The van der Waals surface area contributed by atoms with Crippen molar-refractivity contribution in [2.45, 2.75) is 6.92 Å². The molecule has 104 valence electrons. The van der Waals surface area contributed by atoms with Crippen LogP contribution in [0.25, 0.3) is 0 Å². The van der Waals surface area contributed by atoms with E-state index >= 15 is 0 Å². The van der Waals surface area contributed by atoms with Crippen molar-refractivity contribution < 1.29 is 24.2 Å². The molecule has 0 aliphatic rings. The van der Waals surface area contributed by atoms with E-state index in [9.17, 15) is 9.59 Å². The number of ether oxygens (including phenoxy) is 2. The highest BCUT2D eigenvalue weighted by Gasteiger charge is 2.19. The van der Waals surface area contributed by atoms with Crippen molar-refractivity contribution in [2.24, 2.45) is 5.92 Å². The minimum Gasteiger partial charge on any atom is -0.497 e. The maximum atomic E-state index is 11.0. The third-order valence-corrected chi connectivity index (χ3v) is 3.30. The number of carbonyl (C=O) groups is 2. The Morgan fingerprint density at radius 2 is 2.05 bits per heavy atom. The molecule has 0 fully saturated rings. The van der Waals surface area contributed by atoms with E-state index in [1.165, 1.54) is 6.92 Å². The summed E-state index contributed by atoms with van der Waals surface area (Å²) in [7, 11) is 1.54. The molecule has 19 heavy (non-hydrogen) atoms. The van der Waals surface area contributed by atoms with Gasteiger partial charge in [0.1, 0.15) is 24.0 Å². The first-order valence-corrected chi connectivity index (χ1v) is 6.64. The SMILES string of the molecule is COc1cccc(OCC(CSC(C)=O)C(=O)O)c1. The molecule has 0 aliphatic carbocycles. The van der Waals surface area contributed by atoms with Gasteiger partial charge in [-0.25, -0.2) is 0 Å². The Labute approximate surface area is 115 Å². The number of benzene rings is 1. The zero-order valence-electron chi connectivity index (χ0n) is 10.8. The first-order valence-electron chi connectivity index (χ1n) is 5.66. The molecular formula is C13H16O5S. The molecule has 1 aromatic rings. The van der Waals surface area contributed by atoms with Crippen LogP contribution in [0.1, 0.15) is 6.92 Å². The van der Waals surface area contributed by atoms with Crippen molar-refractivity contribution >= 4 is 22.8 Å². The molecule has 0 saturated heterocycles. The minimum atomic E-state index is -0.975. The van der Waals surface area contributed by atoms with Crippen LogP contribution in [0.2, 0.25) is 0 Å². The average molecular weight is 284 g/mol. The summed E-state index contributed by atoms with van der Waals surface area (Å²) in [6.07, 6.45) is 0. The summed E-state index contributed by atoms with van der Waals surface area (Å²) < 4.78 is 10.5. The fourth-order valence-corrected chi connectivity index (χ4v) is 1.97. The van der Waals surface area contributed by atoms with Crippen LogP contribution >= 0.6 is 11.8 Å². The average Bonchev–Trinajstić information content (AvgIpc) is 2.38. The smallest absolute Gasteiger partial charge is 0.310 e. The molecule has 0 heterocycles. The summed E-state index contributed by atoms with van der Waals surface area (Å²) in [4.78, 5) is 21.9. The van der Waals surface area contributed by atoms with E-state index in [1.807, 2.05) is 0 Å². The largest absolute Gasteiger partial charge is 0.497 e. The molecule has 1 N–H and O–H groups in total. The van der Waals surface area contributed by atoms with Crippen molar-refractivity contribution in [1.82, 2.24) is 0 Å². The molecule has 0 amide bonds. The summed E-state index contributed by atoms with van der Waals surface area (Å²) >= 11 is 0.986. The van der Waals surface area contributed by atoms with Gasteiger partial charge in [-0.05, 0) is 12.1 Å². The van der Waals surface area contributed by atoms with Gasteiger partial charge in [-0.1, -0.05) is 17.8 Å². The van der Waals surface area contributed by atoms with Gasteiger partial charge in [0.2, 0.25) is 0 Å². The summed E-state index contributed by atoms with van der Waals surface area (Å²) in [6.45, 7) is 1.43. The first kappa shape index (κ1) is 15.4. The monoisotopic (exact) mass is 284 g/mol. The predicted octanol–water partition coefficient (Wildman–Crippen LogP) is 2.05. The van der Waals surface area contributed by atoms with Gasteiger partial charge in [-0.15, -0.1) is 0 Å². The van der Waals surface area contributed by atoms with Crippen LogP contribution in [-0.2, 0) is 9.59 Å². The normalized spacial score (nSPS) is 11.7. The van der Waals surface area contributed by atoms with Gasteiger partial charge in [-0.2, -0.15) is 0 Å². The van der Waals surface area contributed by atoms with E-state index in [0.29, 0.717) is 11.5 Å². The van der Waals surface area contributed by atoms with Crippen molar-refractivity contribution in [2.75, 3.05) is 19.5 Å². The number of carboxylic acid groups (broad SMARTS) is 1. The van der Waals surface area contributed by atoms with E-state index in [0.717, 1.165) is 11.8 Å². The molecule has 0 bridgehead atoms.